The molecule has 2 fully saturated rings. The predicted octanol–water partition coefficient (Wildman–Crippen LogP) is 3.82. The first kappa shape index (κ1) is 21.8. The minimum Gasteiger partial charge on any atom is -0.343 e. The summed E-state index contributed by atoms with van der Waals surface area (Å²) in [5.41, 5.74) is 0.820. The number of nitrogens with zero attached hydrogens (tertiary/aromatic N) is 4. The number of carbonyl (C=O) groups excluding carboxylic acids is 2. The Hall–Kier alpha value is -2.41. The van der Waals surface area contributed by atoms with Gasteiger partial charge in [0, 0.05) is 55.5 Å². The van der Waals surface area contributed by atoms with E-state index in [2.05, 4.69) is 17.1 Å². The summed E-state index contributed by atoms with van der Waals surface area (Å²) in [5, 5.41) is 4.64. The zero-order chi connectivity index (χ0) is 21.8. The highest BCUT2D eigenvalue weighted by Gasteiger charge is 2.31. The number of piperidine rings is 2. The SMILES string of the molecule is CC1CCN(C(=O)C2CCN(C(=O)CCc3nc(-c4ccc(Cl)cc4)no3)CC2)CC1. The molecule has 0 spiro atoms. The summed E-state index contributed by atoms with van der Waals surface area (Å²) in [6.45, 7) is 5.28. The number of carbonyl (C=O) groups is 2. The first-order valence-corrected chi connectivity index (χ1v) is 11.5. The van der Waals surface area contributed by atoms with Crippen LogP contribution in [0.15, 0.2) is 28.8 Å². The van der Waals surface area contributed by atoms with E-state index < -0.39 is 0 Å². The summed E-state index contributed by atoms with van der Waals surface area (Å²) < 4.78 is 5.30. The van der Waals surface area contributed by atoms with Gasteiger partial charge in [-0.15, -0.1) is 0 Å². The molecule has 0 saturated carbocycles. The van der Waals surface area contributed by atoms with Gasteiger partial charge in [0.25, 0.3) is 0 Å². The number of hydrogen-bond acceptors (Lipinski definition) is 5. The van der Waals surface area contributed by atoms with Crippen LogP contribution < -0.4 is 0 Å². The Bertz CT molecular complexity index is 898. The molecule has 7 nitrogen and oxygen atoms in total. The van der Waals surface area contributed by atoms with Crippen molar-refractivity contribution in [1.29, 1.82) is 0 Å². The molecule has 2 saturated heterocycles. The van der Waals surface area contributed by atoms with Crippen LogP contribution in [-0.4, -0.2) is 57.9 Å². The number of amides is 2. The number of aryl methyl sites for hydroxylation is 1. The van der Waals surface area contributed by atoms with Gasteiger partial charge in [0.05, 0.1) is 0 Å². The molecule has 4 rings (SSSR count). The molecule has 0 radical (unpaired) electrons. The lowest BCUT2D eigenvalue weighted by Gasteiger charge is -2.36. The molecule has 0 N–H and O–H groups in total. The van der Waals surface area contributed by atoms with Crippen molar-refractivity contribution in [3.05, 3.63) is 35.2 Å². The molecule has 166 valence electrons. The maximum Gasteiger partial charge on any atom is 0.227 e. The number of hydrogen-bond donors (Lipinski definition) is 0. The van der Waals surface area contributed by atoms with Crippen LogP contribution in [0.2, 0.25) is 5.02 Å². The maximum atomic E-state index is 12.8. The van der Waals surface area contributed by atoms with E-state index in [1.165, 1.54) is 0 Å². The molecule has 31 heavy (non-hydrogen) atoms. The lowest BCUT2D eigenvalue weighted by molar-refractivity contribution is -0.141. The Morgan fingerprint density at radius 3 is 2.35 bits per heavy atom. The highest BCUT2D eigenvalue weighted by Crippen LogP contribution is 2.24. The van der Waals surface area contributed by atoms with Crippen molar-refractivity contribution < 1.29 is 14.1 Å². The molecule has 0 atom stereocenters. The van der Waals surface area contributed by atoms with Crippen LogP contribution in [0.5, 0.6) is 0 Å². The average molecular weight is 445 g/mol. The van der Waals surface area contributed by atoms with Gasteiger partial charge in [0.15, 0.2) is 0 Å². The smallest absolute Gasteiger partial charge is 0.227 e. The van der Waals surface area contributed by atoms with E-state index in [1.54, 1.807) is 12.1 Å². The van der Waals surface area contributed by atoms with Gasteiger partial charge in [0.2, 0.25) is 23.5 Å². The molecule has 1 aromatic heterocycles. The number of aromatic nitrogens is 2. The Morgan fingerprint density at radius 2 is 1.68 bits per heavy atom. The summed E-state index contributed by atoms with van der Waals surface area (Å²) in [7, 11) is 0. The molecule has 8 heteroatoms. The fourth-order valence-electron chi connectivity index (χ4n) is 4.31. The molecule has 2 aromatic rings. The highest BCUT2D eigenvalue weighted by molar-refractivity contribution is 6.30. The number of rotatable bonds is 5. The fourth-order valence-corrected chi connectivity index (χ4v) is 4.43. The Labute approximate surface area is 187 Å². The molecular weight excluding hydrogens is 416 g/mol. The molecule has 1 aromatic carbocycles. The van der Waals surface area contributed by atoms with E-state index in [0.29, 0.717) is 48.6 Å². The second-order valence-corrected chi connectivity index (χ2v) is 9.12. The zero-order valence-electron chi connectivity index (χ0n) is 17.9. The van der Waals surface area contributed by atoms with Crippen molar-refractivity contribution in [3.8, 4) is 11.4 Å². The van der Waals surface area contributed by atoms with Gasteiger partial charge < -0.3 is 14.3 Å². The number of benzene rings is 1. The topological polar surface area (TPSA) is 79.5 Å². The van der Waals surface area contributed by atoms with E-state index in [0.717, 1.165) is 44.3 Å². The third kappa shape index (κ3) is 5.45. The van der Waals surface area contributed by atoms with Gasteiger partial charge in [-0.3, -0.25) is 9.59 Å². The van der Waals surface area contributed by atoms with Gasteiger partial charge in [-0.2, -0.15) is 4.98 Å². The van der Waals surface area contributed by atoms with Crippen LogP contribution >= 0.6 is 11.6 Å². The maximum absolute atomic E-state index is 12.8. The largest absolute Gasteiger partial charge is 0.343 e. The fraction of sp³-hybridized carbons (Fsp3) is 0.565. The van der Waals surface area contributed by atoms with E-state index in [4.69, 9.17) is 16.1 Å². The van der Waals surface area contributed by atoms with Crippen LogP contribution in [0.1, 0.15) is 44.9 Å². The van der Waals surface area contributed by atoms with Crippen LogP contribution in [-0.2, 0) is 16.0 Å². The van der Waals surface area contributed by atoms with Gasteiger partial charge in [-0.25, -0.2) is 0 Å². The van der Waals surface area contributed by atoms with E-state index in [1.807, 2.05) is 21.9 Å². The summed E-state index contributed by atoms with van der Waals surface area (Å²) in [5.74, 6) is 2.05. The van der Waals surface area contributed by atoms with Crippen molar-refractivity contribution in [2.24, 2.45) is 11.8 Å². The van der Waals surface area contributed by atoms with Crippen molar-refractivity contribution in [2.75, 3.05) is 26.2 Å². The summed E-state index contributed by atoms with van der Waals surface area (Å²) in [6.07, 6.45) is 4.42. The summed E-state index contributed by atoms with van der Waals surface area (Å²) in [6, 6.07) is 7.21. The van der Waals surface area contributed by atoms with Crippen molar-refractivity contribution in [1.82, 2.24) is 19.9 Å². The third-order valence-corrected chi connectivity index (χ3v) is 6.67. The van der Waals surface area contributed by atoms with Crippen LogP contribution in [0.25, 0.3) is 11.4 Å². The minimum absolute atomic E-state index is 0.0512. The molecule has 2 aliphatic rings. The molecule has 2 amide bonds. The highest BCUT2D eigenvalue weighted by atomic mass is 35.5. The first-order valence-electron chi connectivity index (χ1n) is 11.1. The average Bonchev–Trinajstić information content (AvgIpc) is 3.27. The second kappa shape index (κ2) is 9.81. The molecular formula is C23H29ClN4O3. The molecule has 3 heterocycles. The lowest BCUT2D eigenvalue weighted by atomic mass is 9.92. The lowest BCUT2D eigenvalue weighted by Crippen LogP contribution is -2.46. The molecule has 0 bridgehead atoms. The van der Waals surface area contributed by atoms with E-state index in [9.17, 15) is 9.59 Å². The van der Waals surface area contributed by atoms with Crippen molar-refractivity contribution in [2.45, 2.75) is 45.4 Å². The summed E-state index contributed by atoms with van der Waals surface area (Å²) in [4.78, 5) is 33.7. The van der Waals surface area contributed by atoms with Gasteiger partial charge in [0.1, 0.15) is 0 Å². The number of halogens is 1. The molecule has 2 aliphatic heterocycles. The van der Waals surface area contributed by atoms with Gasteiger partial charge in [-0.1, -0.05) is 23.7 Å². The van der Waals surface area contributed by atoms with Crippen molar-refractivity contribution >= 4 is 23.4 Å². The van der Waals surface area contributed by atoms with Crippen LogP contribution in [0.4, 0.5) is 0 Å². The van der Waals surface area contributed by atoms with E-state index in [-0.39, 0.29) is 17.7 Å². The quantitative estimate of drug-likeness (QED) is 0.700. The predicted molar refractivity (Wildman–Crippen MR) is 117 cm³/mol. The third-order valence-electron chi connectivity index (χ3n) is 6.42. The standard InChI is InChI=1S/C23H29ClN4O3/c1-16-8-12-28(13-9-16)23(30)18-10-14-27(15-11-18)21(29)7-6-20-25-22(26-31-20)17-2-4-19(24)5-3-17/h2-5,16,18H,6-15H2,1H3. The normalized spacial score (nSPS) is 18.4. The van der Waals surface area contributed by atoms with Gasteiger partial charge in [-0.05, 0) is 55.9 Å². The number of likely N-dealkylation sites (tertiary alicyclic amines) is 2. The monoisotopic (exact) mass is 444 g/mol. The van der Waals surface area contributed by atoms with Crippen LogP contribution in [0, 0.1) is 11.8 Å². The van der Waals surface area contributed by atoms with E-state index >= 15 is 0 Å². The molecule has 0 aliphatic carbocycles. The molecule has 0 unspecified atom stereocenters. The van der Waals surface area contributed by atoms with Crippen molar-refractivity contribution in [3.63, 3.8) is 0 Å². The zero-order valence-corrected chi connectivity index (χ0v) is 18.7. The van der Waals surface area contributed by atoms with Gasteiger partial charge >= 0.3 is 0 Å². The second-order valence-electron chi connectivity index (χ2n) is 8.68. The summed E-state index contributed by atoms with van der Waals surface area (Å²) >= 11 is 5.91. The Balaban J connectivity index is 1.22. The first-order chi connectivity index (χ1) is 15.0. The minimum atomic E-state index is 0.0512. The Morgan fingerprint density at radius 1 is 1.03 bits per heavy atom. The Kier molecular flexibility index (Phi) is 6.90. The van der Waals surface area contributed by atoms with Crippen LogP contribution in [0.3, 0.4) is 0 Å².